The van der Waals surface area contributed by atoms with Crippen molar-refractivity contribution in [2.45, 2.75) is 108 Å². The Morgan fingerprint density at radius 1 is 0.917 bits per heavy atom. The first kappa shape index (κ1) is 22.5. The van der Waals surface area contributed by atoms with E-state index in [1.54, 1.807) is 0 Å². The monoisotopic (exact) mass is 378 g/mol. The van der Waals surface area contributed by atoms with Gasteiger partial charge in [-0.3, -0.25) is 5.32 Å². The summed E-state index contributed by atoms with van der Waals surface area (Å²) >= 11 is 14.6. The van der Waals surface area contributed by atoms with Gasteiger partial charge in [0.05, 0.1) is 4.87 Å². The normalized spacial score (nSPS) is 32.9. The zero-order chi connectivity index (χ0) is 18.3. The molecule has 0 aliphatic heterocycles. The van der Waals surface area contributed by atoms with Gasteiger partial charge in [0.2, 0.25) is 0 Å². The molecule has 3 atom stereocenters. The van der Waals surface area contributed by atoms with Crippen LogP contribution in [0, 0.1) is 5.41 Å². The van der Waals surface area contributed by atoms with E-state index in [-0.39, 0.29) is 11.5 Å². The van der Waals surface area contributed by atoms with Crippen molar-refractivity contribution in [3.63, 3.8) is 0 Å². The Bertz CT molecular complexity index is 362. The van der Waals surface area contributed by atoms with Crippen molar-refractivity contribution in [3.8, 4) is 0 Å². The zero-order valence-electron chi connectivity index (χ0n) is 16.6. The number of hydrogen-bond donors (Lipinski definition) is 2. The maximum Gasteiger partial charge on any atom is 0.115 e. The zero-order valence-corrected chi connectivity index (χ0v) is 18.1. The van der Waals surface area contributed by atoms with Crippen LogP contribution in [0.3, 0.4) is 0 Å². The minimum absolute atomic E-state index is 0.190. The quantitative estimate of drug-likeness (QED) is 0.259. The summed E-state index contributed by atoms with van der Waals surface area (Å²) in [6, 6.07) is 0.257. The molecule has 0 heterocycles. The smallest absolute Gasteiger partial charge is 0.115 e. The van der Waals surface area contributed by atoms with Crippen LogP contribution in [0.5, 0.6) is 0 Å². The fraction of sp³-hybridized carbons (Fsp3) is 1.00. The molecule has 0 bridgehead atoms. The Labute approximate surface area is 160 Å². The molecule has 0 radical (unpaired) electrons. The number of nitrogens with one attached hydrogen (secondary N) is 2. The third-order valence-corrected chi connectivity index (χ3v) is 6.92. The van der Waals surface area contributed by atoms with Crippen molar-refractivity contribution < 1.29 is 0 Å². The second-order valence-electron chi connectivity index (χ2n) is 8.45. The van der Waals surface area contributed by atoms with Gasteiger partial charge in [0.25, 0.3) is 0 Å². The molecule has 1 rings (SSSR count). The third kappa shape index (κ3) is 5.76. The van der Waals surface area contributed by atoms with E-state index < -0.39 is 9.87 Å². The molecule has 1 fully saturated rings. The van der Waals surface area contributed by atoms with Gasteiger partial charge in [-0.05, 0) is 50.6 Å². The Kier molecular flexibility index (Phi) is 9.39. The summed E-state index contributed by atoms with van der Waals surface area (Å²) in [6.07, 6.45) is 9.97. The van der Waals surface area contributed by atoms with E-state index in [4.69, 9.17) is 23.2 Å². The summed E-state index contributed by atoms with van der Waals surface area (Å²) in [4.78, 5) is -0.966. The molecule has 0 aromatic heterocycles. The first-order chi connectivity index (χ1) is 11.2. The largest absolute Gasteiger partial charge is 0.312 e. The maximum absolute atomic E-state index is 7.36. The van der Waals surface area contributed by atoms with Crippen LogP contribution in [0.15, 0.2) is 0 Å². The van der Waals surface area contributed by atoms with Crippen LogP contribution in [-0.2, 0) is 0 Å². The van der Waals surface area contributed by atoms with E-state index >= 15 is 0 Å². The number of alkyl halides is 2. The van der Waals surface area contributed by atoms with Crippen molar-refractivity contribution in [2.24, 2.45) is 5.41 Å². The lowest BCUT2D eigenvalue weighted by atomic mass is 9.65. The SMILES string of the molecule is CCCCNC1CC(C)(C)CC(Cl)(NCCCC)C1(Cl)CCCC. The molecule has 0 amide bonds. The lowest BCUT2D eigenvalue weighted by molar-refractivity contribution is 0.0875. The van der Waals surface area contributed by atoms with Crippen molar-refractivity contribution in [1.29, 1.82) is 0 Å². The molecule has 144 valence electrons. The fourth-order valence-electron chi connectivity index (χ4n) is 4.04. The molecule has 1 aliphatic rings. The van der Waals surface area contributed by atoms with E-state index in [0.29, 0.717) is 0 Å². The van der Waals surface area contributed by atoms with Gasteiger partial charge in [-0.2, -0.15) is 0 Å². The minimum Gasteiger partial charge on any atom is -0.312 e. The maximum atomic E-state index is 7.36. The Hall–Kier alpha value is 0.500. The Morgan fingerprint density at radius 2 is 1.50 bits per heavy atom. The van der Waals surface area contributed by atoms with Gasteiger partial charge in [-0.15, -0.1) is 23.2 Å². The van der Waals surface area contributed by atoms with Gasteiger partial charge >= 0.3 is 0 Å². The number of hydrogen-bond acceptors (Lipinski definition) is 2. The average Bonchev–Trinajstić information content (AvgIpc) is 2.50. The second-order valence-corrected chi connectivity index (χ2v) is 9.77. The molecule has 2 N–H and O–H groups in total. The lowest BCUT2D eigenvalue weighted by Crippen LogP contribution is -2.70. The first-order valence-corrected chi connectivity index (χ1v) is 10.9. The molecule has 0 spiro atoms. The first-order valence-electron chi connectivity index (χ1n) is 10.1. The highest BCUT2D eigenvalue weighted by molar-refractivity contribution is 6.35. The second kappa shape index (κ2) is 10.00. The van der Waals surface area contributed by atoms with Gasteiger partial charge in [0, 0.05) is 6.04 Å². The minimum atomic E-state index is -0.537. The summed E-state index contributed by atoms with van der Waals surface area (Å²) in [5, 5.41) is 7.43. The topological polar surface area (TPSA) is 24.1 Å². The summed E-state index contributed by atoms with van der Waals surface area (Å²) < 4.78 is 0. The number of unbranched alkanes of at least 4 members (excludes halogenated alkanes) is 3. The van der Waals surface area contributed by atoms with Crippen LogP contribution in [0.25, 0.3) is 0 Å². The molecule has 0 aromatic carbocycles. The molecule has 3 unspecified atom stereocenters. The van der Waals surface area contributed by atoms with Crippen molar-refractivity contribution in [2.75, 3.05) is 13.1 Å². The fourth-order valence-corrected chi connectivity index (χ4v) is 5.14. The Morgan fingerprint density at radius 3 is 2.08 bits per heavy atom. The molecule has 24 heavy (non-hydrogen) atoms. The average molecular weight is 379 g/mol. The Balaban J connectivity index is 3.03. The highest BCUT2D eigenvalue weighted by Crippen LogP contribution is 2.54. The third-order valence-electron chi connectivity index (χ3n) is 5.44. The van der Waals surface area contributed by atoms with Crippen molar-refractivity contribution in [3.05, 3.63) is 0 Å². The highest BCUT2D eigenvalue weighted by atomic mass is 35.5. The lowest BCUT2D eigenvalue weighted by Gasteiger charge is -2.56. The summed E-state index contributed by atoms with van der Waals surface area (Å²) in [7, 11) is 0. The van der Waals surface area contributed by atoms with Crippen LogP contribution >= 0.6 is 23.2 Å². The molecule has 1 aliphatic carbocycles. The van der Waals surface area contributed by atoms with Gasteiger partial charge in [-0.25, -0.2) is 0 Å². The molecule has 0 saturated heterocycles. The van der Waals surface area contributed by atoms with Crippen LogP contribution < -0.4 is 10.6 Å². The molecular weight excluding hydrogens is 339 g/mol. The van der Waals surface area contributed by atoms with Crippen LogP contribution in [0.4, 0.5) is 0 Å². The molecular formula is C20H40Cl2N2. The molecule has 1 saturated carbocycles. The summed E-state index contributed by atoms with van der Waals surface area (Å²) in [5.41, 5.74) is 0.190. The molecule has 2 nitrogen and oxygen atoms in total. The summed E-state index contributed by atoms with van der Waals surface area (Å²) in [6.45, 7) is 13.3. The predicted molar refractivity (Wildman–Crippen MR) is 109 cm³/mol. The van der Waals surface area contributed by atoms with Crippen molar-refractivity contribution >= 4 is 23.2 Å². The van der Waals surface area contributed by atoms with E-state index in [9.17, 15) is 0 Å². The van der Waals surface area contributed by atoms with Gasteiger partial charge in [-0.1, -0.05) is 60.3 Å². The number of halogens is 2. The van der Waals surface area contributed by atoms with Crippen LogP contribution in [0.2, 0.25) is 0 Å². The van der Waals surface area contributed by atoms with E-state index in [1.165, 1.54) is 19.3 Å². The van der Waals surface area contributed by atoms with E-state index in [0.717, 1.165) is 51.6 Å². The standard InChI is InChI=1S/C20H40Cl2N2/c1-6-9-12-19(21)17(23-13-10-7-2)15-18(4,5)16-20(19,22)24-14-11-8-3/h17,23-24H,6-16H2,1-5H3. The van der Waals surface area contributed by atoms with Gasteiger partial charge in [0.1, 0.15) is 5.00 Å². The predicted octanol–water partition coefficient (Wildman–Crippen LogP) is 6.06. The number of rotatable bonds is 11. The highest BCUT2D eigenvalue weighted by Gasteiger charge is 2.59. The van der Waals surface area contributed by atoms with Gasteiger partial charge in [0.15, 0.2) is 0 Å². The summed E-state index contributed by atoms with van der Waals surface area (Å²) in [5.74, 6) is 0. The van der Waals surface area contributed by atoms with Gasteiger partial charge < -0.3 is 5.32 Å². The van der Waals surface area contributed by atoms with Crippen LogP contribution in [-0.4, -0.2) is 29.0 Å². The molecule has 4 heteroatoms. The van der Waals surface area contributed by atoms with E-state index in [1.807, 2.05) is 0 Å². The molecule has 0 aromatic rings. The van der Waals surface area contributed by atoms with E-state index in [2.05, 4.69) is 45.3 Å². The van der Waals surface area contributed by atoms with Crippen LogP contribution in [0.1, 0.15) is 92.4 Å². The van der Waals surface area contributed by atoms with Crippen molar-refractivity contribution in [1.82, 2.24) is 10.6 Å².